The summed E-state index contributed by atoms with van der Waals surface area (Å²) in [6, 6.07) is 24.2. The first-order chi connectivity index (χ1) is 18.1. The molecule has 0 atom stereocenters. The second kappa shape index (κ2) is 14.0. The highest BCUT2D eigenvalue weighted by atomic mass is 79.9. The first-order valence-electron chi connectivity index (χ1n) is 13.3. The summed E-state index contributed by atoms with van der Waals surface area (Å²) in [5.74, 6) is 2.08. The third-order valence-corrected chi connectivity index (χ3v) is 7.11. The molecule has 4 aromatic rings. The van der Waals surface area contributed by atoms with Crippen LogP contribution in [-0.2, 0) is 19.4 Å². The molecule has 5 nitrogen and oxygen atoms in total. The Morgan fingerprint density at radius 1 is 0.919 bits per heavy atom. The number of imidazole rings is 1. The summed E-state index contributed by atoms with van der Waals surface area (Å²) in [5.41, 5.74) is 4.29. The van der Waals surface area contributed by atoms with Gasteiger partial charge in [-0.25, -0.2) is 4.98 Å². The van der Waals surface area contributed by atoms with E-state index in [1.165, 1.54) is 11.1 Å². The van der Waals surface area contributed by atoms with Gasteiger partial charge in [-0.3, -0.25) is 4.79 Å². The lowest BCUT2D eigenvalue weighted by molar-refractivity contribution is 0.0953. The molecule has 4 rings (SSSR count). The quantitative estimate of drug-likeness (QED) is 0.163. The number of rotatable bonds is 14. The van der Waals surface area contributed by atoms with Gasteiger partial charge in [-0.15, -0.1) is 0 Å². The van der Waals surface area contributed by atoms with Crippen molar-refractivity contribution >= 4 is 32.9 Å². The van der Waals surface area contributed by atoms with Crippen molar-refractivity contribution in [2.45, 2.75) is 58.4 Å². The number of ether oxygens (including phenoxy) is 1. The summed E-state index contributed by atoms with van der Waals surface area (Å²) in [6.45, 7) is 4.51. The lowest BCUT2D eigenvalue weighted by atomic mass is 10.1. The summed E-state index contributed by atoms with van der Waals surface area (Å²) in [6.07, 6.45) is 7.09. The van der Waals surface area contributed by atoms with Crippen LogP contribution in [0.4, 0.5) is 0 Å². The fourth-order valence-corrected chi connectivity index (χ4v) is 4.70. The number of hydrogen-bond donors (Lipinski definition) is 1. The number of unbranched alkanes of at least 4 members (excludes halogenated alkanes) is 3. The zero-order valence-electron chi connectivity index (χ0n) is 21.6. The van der Waals surface area contributed by atoms with E-state index in [2.05, 4.69) is 81.3 Å². The van der Waals surface area contributed by atoms with Gasteiger partial charge in [0.1, 0.15) is 11.6 Å². The van der Waals surface area contributed by atoms with Crippen LogP contribution in [0.1, 0.15) is 60.8 Å². The van der Waals surface area contributed by atoms with Gasteiger partial charge in [0, 0.05) is 29.5 Å². The first-order valence-corrected chi connectivity index (χ1v) is 14.1. The molecule has 0 spiro atoms. The first kappa shape index (κ1) is 26.9. The number of carbonyl (C=O) groups is 1. The Hall–Kier alpha value is -3.12. The maximum atomic E-state index is 12.3. The number of carbonyl (C=O) groups excluding carboxylic acids is 1. The molecule has 1 heterocycles. The molecule has 0 aliphatic heterocycles. The van der Waals surface area contributed by atoms with Crippen molar-refractivity contribution < 1.29 is 9.53 Å². The molecule has 194 valence electrons. The summed E-state index contributed by atoms with van der Waals surface area (Å²) < 4.78 is 9.29. The number of nitrogens with zero attached hydrogens (tertiary/aromatic N) is 2. The minimum atomic E-state index is -0.0174. The van der Waals surface area contributed by atoms with Crippen LogP contribution in [-0.4, -0.2) is 28.6 Å². The number of hydrogen-bond acceptors (Lipinski definition) is 3. The van der Waals surface area contributed by atoms with Gasteiger partial charge in [-0.05, 0) is 86.2 Å². The zero-order chi connectivity index (χ0) is 25.9. The average Bonchev–Trinajstić information content (AvgIpc) is 3.28. The molecule has 0 saturated carbocycles. The fraction of sp³-hybridized carbons (Fsp3) is 0.355. The monoisotopic (exact) mass is 561 g/mol. The van der Waals surface area contributed by atoms with Gasteiger partial charge in [0.15, 0.2) is 0 Å². The summed E-state index contributed by atoms with van der Waals surface area (Å²) >= 11 is 3.40. The molecule has 0 saturated heterocycles. The van der Waals surface area contributed by atoms with E-state index in [9.17, 15) is 4.79 Å². The average molecular weight is 563 g/mol. The van der Waals surface area contributed by atoms with Crippen molar-refractivity contribution in [1.29, 1.82) is 0 Å². The van der Waals surface area contributed by atoms with Gasteiger partial charge in [0.2, 0.25) is 0 Å². The number of amides is 1. The minimum Gasteiger partial charge on any atom is -0.494 e. The normalized spacial score (nSPS) is 11.1. The molecule has 0 bridgehead atoms. The molecular weight excluding hydrogens is 526 g/mol. The van der Waals surface area contributed by atoms with Gasteiger partial charge >= 0.3 is 0 Å². The maximum Gasteiger partial charge on any atom is 0.251 e. The van der Waals surface area contributed by atoms with Crippen LogP contribution in [0.5, 0.6) is 5.75 Å². The van der Waals surface area contributed by atoms with Gasteiger partial charge in [0.05, 0.1) is 17.6 Å². The predicted octanol–water partition coefficient (Wildman–Crippen LogP) is 7.36. The number of aromatic nitrogens is 2. The van der Waals surface area contributed by atoms with Crippen molar-refractivity contribution in [3.8, 4) is 5.75 Å². The van der Waals surface area contributed by atoms with Crippen LogP contribution in [0.2, 0.25) is 0 Å². The number of benzene rings is 3. The Morgan fingerprint density at radius 2 is 1.70 bits per heavy atom. The Balaban J connectivity index is 1.20. The van der Waals surface area contributed by atoms with E-state index in [1.807, 2.05) is 24.3 Å². The molecular formula is C31H36BrN3O2. The second-order valence-corrected chi connectivity index (χ2v) is 10.2. The number of para-hydroxylation sites is 2. The number of nitrogens with one attached hydrogen (secondary N) is 1. The van der Waals surface area contributed by atoms with Gasteiger partial charge in [0.25, 0.3) is 5.91 Å². The molecule has 37 heavy (non-hydrogen) atoms. The summed E-state index contributed by atoms with van der Waals surface area (Å²) in [5, 5.41) is 3.02. The van der Waals surface area contributed by atoms with Crippen LogP contribution in [0.3, 0.4) is 0 Å². The minimum absolute atomic E-state index is 0.0174. The number of fused-ring (bicyclic) bond motifs is 1. The van der Waals surface area contributed by atoms with Gasteiger partial charge in [-0.1, -0.05) is 53.5 Å². The summed E-state index contributed by atoms with van der Waals surface area (Å²) in [7, 11) is 0. The molecule has 1 amide bonds. The molecule has 0 aliphatic carbocycles. The Morgan fingerprint density at radius 3 is 2.49 bits per heavy atom. The predicted molar refractivity (Wildman–Crippen MR) is 154 cm³/mol. The lowest BCUT2D eigenvalue weighted by Gasteiger charge is -2.11. The highest BCUT2D eigenvalue weighted by molar-refractivity contribution is 9.10. The van der Waals surface area contributed by atoms with E-state index in [-0.39, 0.29) is 5.91 Å². The molecule has 1 aromatic heterocycles. The van der Waals surface area contributed by atoms with Gasteiger partial charge in [-0.2, -0.15) is 0 Å². The molecule has 0 unspecified atom stereocenters. The van der Waals surface area contributed by atoms with Crippen LogP contribution >= 0.6 is 15.9 Å². The largest absolute Gasteiger partial charge is 0.494 e. The van der Waals surface area contributed by atoms with Crippen molar-refractivity contribution in [1.82, 2.24) is 14.9 Å². The third-order valence-electron chi connectivity index (χ3n) is 6.58. The molecule has 6 heteroatoms. The highest BCUT2D eigenvalue weighted by Crippen LogP contribution is 2.19. The highest BCUT2D eigenvalue weighted by Gasteiger charge is 2.10. The van der Waals surface area contributed by atoms with Crippen LogP contribution in [0.15, 0.2) is 77.3 Å². The maximum absolute atomic E-state index is 12.3. The topological polar surface area (TPSA) is 56.1 Å². The van der Waals surface area contributed by atoms with E-state index in [0.29, 0.717) is 12.1 Å². The number of halogens is 1. The van der Waals surface area contributed by atoms with E-state index < -0.39 is 0 Å². The Bertz CT molecular complexity index is 1270. The number of aryl methyl sites for hydroxylation is 3. The van der Waals surface area contributed by atoms with Crippen LogP contribution in [0.25, 0.3) is 11.0 Å². The lowest BCUT2D eigenvalue weighted by Crippen LogP contribution is -2.24. The van der Waals surface area contributed by atoms with Crippen LogP contribution < -0.4 is 10.1 Å². The van der Waals surface area contributed by atoms with Gasteiger partial charge < -0.3 is 14.6 Å². The standard InChI is InChI=1S/C31H36BrN3O2/c1-2-24-13-19-27(20-14-24)37-23-9-8-22-35-29-11-6-5-10-28(29)34-30(35)12-4-3-7-21-33-31(36)25-15-17-26(32)18-16-25/h5-6,10-11,13-20H,2-4,7-9,12,21-23H2,1H3,(H,33,36). The van der Waals surface area contributed by atoms with Crippen molar-refractivity contribution in [3.05, 3.63) is 94.2 Å². The Kier molecular flexibility index (Phi) is 10.2. The van der Waals surface area contributed by atoms with E-state index >= 15 is 0 Å². The van der Waals surface area contributed by atoms with E-state index in [4.69, 9.17) is 9.72 Å². The molecule has 3 aromatic carbocycles. The smallest absolute Gasteiger partial charge is 0.251 e. The second-order valence-electron chi connectivity index (χ2n) is 9.29. The van der Waals surface area contributed by atoms with E-state index in [0.717, 1.165) is 79.7 Å². The molecule has 0 radical (unpaired) electrons. The van der Waals surface area contributed by atoms with Crippen LogP contribution in [0, 0.1) is 0 Å². The third kappa shape index (κ3) is 7.93. The SMILES string of the molecule is CCc1ccc(OCCCCn2c(CCCCCNC(=O)c3ccc(Br)cc3)nc3ccccc32)cc1. The zero-order valence-corrected chi connectivity index (χ0v) is 23.2. The van der Waals surface area contributed by atoms with E-state index in [1.54, 1.807) is 0 Å². The van der Waals surface area contributed by atoms with Crippen molar-refractivity contribution in [2.75, 3.05) is 13.2 Å². The van der Waals surface area contributed by atoms with Crippen molar-refractivity contribution in [2.24, 2.45) is 0 Å². The molecule has 0 aliphatic rings. The summed E-state index contributed by atoms with van der Waals surface area (Å²) in [4.78, 5) is 17.2. The van der Waals surface area contributed by atoms with Crippen molar-refractivity contribution in [3.63, 3.8) is 0 Å². The fourth-order valence-electron chi connectivity index (χ4n) is 4.44. The molecule has 0 fully saturated rings. The Labute approximate surface area is 228 Å². The molecule has 1 N–H and O–H groups in total.